The van der Waals surface area contributed by atoms with Crippen LogP contribution in [0.25, 0.3) is 11.4 Å². The lowest BCUT2D eigenvalue weighted by Gasteiger charge is -2.02. The summed E-state index contributed by atoms with van der Waals surface area (Å²) in [5.74, 6) is 0.600. The molecule has 92 valence electrons. The molecule has 0 N–H and O–H groups in total. The van der Waals surface area contributed by atoms with Crippen LogP contribution in [0.15, 0.2) is 24.3 Å². The fourth-order valence-corrected chi connectivity index (χ4v) is 1.36. The lowest BCUT2D eigenvalue weighted by atomic mass is 10.1. The Bertz CT molecular complexity index is 537. The highest BCUT2D eigenvalue weighted by Gasteiger charge is 2.08. The Hall–Kier alpha value is -2.37. The highest BCUT2D eigenvalue weighted by molar-refractivity contribution is 5.89. The van der Waals surface area contributed by atoms with Crippen LogP contribution in [0.1, 0.15) is 23.1 Å². The van der Waals surface area contributed by atoms with Crippen molar-refractivity contribution < 1.29 is 9.53 Å². The second kappa shape index (κ2) is 5.31. The molecule has 0 saturated heterocycles. The number of carbonyl (C=O) groups excluding carboxylic acids is 1. The van der Waals surface area contributed by atoms with Gasteiger partial charge in [-0.05, 0) is 26.0 Å². The van der Waals surface area contributed by atoms with Crippen LogP contribution in [0.2, 0.25) is 0 Å². The summed E-state index contributed by atoms with van der Waals surface area (Å²) < 4.78 is 4.89. The molecule has 18 heavy (non-hydrogen) atoms. The number of hydrogen-bond donors (Lipinski definition) is 0. The molecule has 1 heterocycles. The van der Waals surface area contributed by atoms with Crippen LogP contribution in [-0.4, -0.2) is 33.0 Å². The van der Waals surface area contributed by atoms with E-state index < -0.39 is 0 Å². The van der Waals surface area contributed by atoms with E-state index in [2.05, 4.69) is 20.4 Å². The van der Waals surface area contributed by atoms with Crippen molar-refractivity contribution in [2.45, 2.75) is 13.8 Å². The molecule has 0 aliphatic carbocycles. The monoisotopic (exact) mass is 244 g/mol. The minimum absolute atomic E-state index is 0.342. The quantitative estimate of drug-likeness (QED) is 0.760. The van der Waals surface area contributed by atoms with Crippen LogP contribution in [-0.2, 0) is 4.74 Å². The zero-order valence-electron chi connectivity index (χ0n) is 10.1. The maximum Gasteiger partial charge on any atom is 0.338 e. The van der Waals surface area contributed by atoms with Gasteiger partial charge in [0, 0.05) is 5.56 Å². The molecule has 0 fully saturated rings. The van der Waals surface area contributed by atoms with E-state index in [1.165, 1.54) is 0 Å². The van der Waals surface area contributed by atoms with E-state index in [1.807, 2.05) is 0 Å². The summed E-state index contributed by atoms with van der Waals surface area (Å²) in [6.07, 6.45) is 0. The molecule has 0 unspecified atom stereocenters. The summed E-state index contributed by atoms with van der Waals surface area (Å²) in [6.45, 7) is 3.84. The zero-order valence-corrected chi connectivity index (χ0v) is 10.1. The highest BCUT2D eigenvalue weighted by Crippen LogP contribution is 2.14. The van der Waals surface area contributed by atoms with Crippen molar-refractivity contribution in [1.29, 1.82) is 0 Å². The van der Waals surface area contributed by atoms with Crippen LogP contribution < -0.4 is 0 Å². The molecule has 1 aromatic heterocycles. The van der Waals surface area contributed by atoms with Crippen molar-refractivity contribution in [2.24, 2.45) is 0 Å². The van der Waals surface area contributed by atoms with Crippen molar-refractivity contribution in [3.05, 3.63) is 35.7 Å². The number of esters is 1. The second-order valence-electron chi connectivity index (χ2n) is 3.57. The smallest absolute Gasteiger partial charge is 0.338 e. The topological polar surface area (TPSA) is 77.9 Å². The van der Waals surface area contributed by atoms with E-state index in [0.29, 0.717) is 23.8 Å². The molecule has 6 heteroatoms. The van der Waals surface area contributed by atoms with Gasteiger partial charge in [0.1, 0.15) is 0 Å². The maximum absolute atomic E-state index is 11.5. The van der Waals surface area contributed by atoms with Crippen molar-refractivity contribution in [3.8, 4) is 11.4 Å². The van der Waals surface area contributed by atoms with Crippen molar-refractivity contribution in [1.82, 2.24) is 20.4 Å². The van der Waals surface area contributed by atoms with E-state index in [-0.39, 0.29) is 5.97 Å². The Balaban J connectivity index is 2.22. The zero-order chi connectivity index (χ0) is 13.0. The van der Waals surface area contributed by atoms with Crippen LogP contribution >= 0.6 is 0 Å². The lowest BCUT2D eigenvalue weighted by Crippen LogP contribution is -2.04. The van der Waals surface area contributed by atoms with Gasteiger partial charge >= 0.3 is 5.97 Å². The Morgan fingerprint density at radius 2 is 1.72 bits per heavy atom. The van der Waals surface area contributed by atoms with Gasteiger partial charge in [-0.3, -0.25) is 0 Å². The summed E-state index contributed by atoms with van der Waals surface area (Å²) in [5.41, 5.74) is 1.25. The molecule has 0 atom stereocenters. The highest BCUT2D eigenvalue weighted by atomic mass is 16.5. The molecule has 2 rings (SSSR count). The van der Waals surface area contributed by atoms with E-state index >= 15 is 0 Å². The Morgan fingerprint density at radius 3 is 2.28 bits per heavy atom. The summed E-state index contributed by atoms with van der Waals surface area (Å²) in [5, 5.41) is 15.5. The molecule has 0 amide bonds. The average Bonchev–Trinajstić information content (AvgIpc) is 2.40. The minimum Gasteiger partial charge on any atom is -0.462 e. The number of carbonyl (C=O) groups is 1. The fourth-order valence-electron chi connectivity index (χ4n) is 1.36. The van der Waals surface area contributed by atoms with Gasteiger partial charge in [-0.25, -0.2) is 4.79 Å². The van der Waals surface area contributed by atoms with Gasteiger partial charge in [-0.15, -0.1) is 20.4 Å². The molecule has 0 spiro atoms. The van der Waals surface area contributed by atoms with Gasteiger partial charge in [0.25, 0.3) is 0 Å². The summed E-state index contributed by atoms with van der Waals surface area (Å²) in [6, 6.07) is 6.80. The predicted octanol–water partition coefficient (Wildman–Crippen LogP) is 1.42. The normalized spacial score (nSPS) is 10.1. The van der Waals surface area contributed by atoms with Crippen molar-refractivity contribution in [3.63, 3.8) is 0 Å². The predicted molar refractivity (Wildman–Crippen MR) is 63.8 cm³/mol. The molecule has 0 aliphatic rings. The molecule has 2 aromatic rings. The number of aryl methyl sites for hydroxylation is 1. The minimum atomic E-state index is -0.342. The number of hydrogen-bond acceptors (Lipinski definition) is 6. The number of ether oxygens (including phenoxy) is 1. The molecule has 0 radical (unpaired) electrons. The van der Waals surface area contributed by atoms with E-state index in [0.717, 1.165) is 5.56 Å². The van der Waals surface area contributed by atoms with Crippen molar-refractivity contribution in [2.75, 3.05) is 6.61 Å². The SMILES string of the molecule is CCOC(=O)c1ccc(-c2nnc(C)nn2)cc1. The van der Waals surface area contributed by atoms with Gasteiger partial charge in [0.2, 0.25) is 5.82 Å². The number of aromatic nitrogens is 4. The van der Waals surface area contributed by atoms with Crippen LogP contribution in [0.3, 0.4) is 0 Å². The molecular weight excluding hydrogens is 232 g/mol. The molecule has 6 nitrogen and oxygen atoms in total. The number of benzene rings is 1. The molecule has 0 saturated carbocycles. The third-order valence-corrected chi connectivity index (χ3v) is 2.23. The van der Waals surface area contributed by atoms with E-state index in [1.54, 1.807) is 38.1 Å². The number of rotatable bonds is 3. The Labute approximate surface area is 104 Å². The first-order valence-electron chi connectivity index (χ1n) is 5.52. The standard InChI is InChI=1S/C12H12N4O2/c1-3-18-12(17)10-6-4-9(5-7-10)11-15-13-8(2)14-16-11/h4-7H,3H2,1-2H3. The van der Waals surface area contributed by atoms with Crippen LogP contribution in [0.4, 0.5) is 0 Å². The molecule has 0 aliphatic heterocycles. The van der Waals surface area contributed by atoms with Gasteiger partial charge in [-0.1, -0.05) is 12.1 Å². The third-order valence-electron chi connectivity index (χ3n) is 2.23. The van der Waals surface area contributed by atoms with Crippen molar-refractivity contribution >= 4 is 5.97 Å². The summed E-state index contributed by atoms with van der Waals surface area (Å²) >= 11 is 0. The lowest BCUT2D eigenvalue weighted by molar-refractivity contribution is 0.0526. The molecule has 0 bridgehead atoms. The molecular formula is C12H12N4O2. The van der Waals surface area contributed by atoms with Gasteiger partial charge < -0.3 is 4.74 Å². The summed E-state index contributed by atoms with van der Waals surface area (Å²) in [4.78, 5) is 11.5. The fraction of sp³-hybridized carbons (Fsp3) is 0.250. The van der Waals surface area contributed by atoms with Gasteiger partial charge in [-0.2, -0.15) is 0 Å². The largest absolute Gasteiger partial charge is 0.462 e. The average molecular weight is 244 g/mol. The van der Waals surface area contributed by atoms with Crippen LogP contribution in [0.5, 0.6) is 0 Å². The maximum atomic E-state index is 11.5. The van der Waals surface area contributed by atoms with E-state index in [9.17, 15) is 4.79 Å². The van der Waals surface area contributed by atoms with Gasteiger partial charge in [0.15, 0.2) is 5.82 Å². The second-order valence-corrected chi connectivity index (χ2v) is 3.57. The van der Waals surface area contributed by atoms with E-state index in [4.69, 9.17) is 4.74 Å². The first-order valence-corrected chi connectivity index (χ1v) is 5.52. The summed E-state index contributed by atoms with van der Waals surface area (Å²) in [7, 11) is 0. The molecule has 1 aromatic carbocycles. The van der Waals surface area contributed by atoms with Crippen LogP contribution in [0, 0.1) is 6.92 Å². The first kappa shape index (κ1) is 12.1. The first-order chi connectivity index (χ1) is 8.70. The Kier molecular flexibility index (Phi) is 3.57. The number of nitrogens with zero attached hydrogens (tertiary/aromatic N) is 4. The Morgan fingerprint density at radius 1 is 1.11 bits per heavy atom. The third kappa shape index (κ3) is 2.65. The van der Waals surface area contributed by atoms with Gasteiger partial charge in [0.05, 0.1) is 12.2 Å².